The topological polar surface area (TPSA) is 35.7 Å². The molecule has 2 aromatic carbocycles. The third-order valence-corrected chi connectivity index (χ3v) is 4.76. The number of nitrogens with zero attached hydrogens (tertiary/aromatic N) is 2. The second-order valence-corrected chi connectivity index (χ2v) is 6.29. The zero-order valence-electron chi connectivity index (χ0n) is 13.4. The Kier molecular flexibility index (Phi) is 3.82. The maximum Gasteiger partial charge on any atom is 0.276 e. The van der Waals surface area contributed by atoms with E-state index < -0.39 is 5.72 Å². The molecule has 0 aliphatic carbocycles. The van der Waals surface area contributed by atoms with Crippen LogP contribution < -0.4 is 0 Å². The Labute approximate surface area is 140 Å². The van der Waals surface area contributed by atoms with Crippen molar-refractivity contribution in [1.82, 2.24) is 4.90 Å². The Morgan fingerprint density at radius 1 is 1.12 bits per heavy atom. The van der Waals surface area contributed by atoms with E-state index in [1.54, 1.807) is 12.1 Å². The van der Waals surface area contributed by atoms with Crippen LogP contribution in [-0.4, -0.2) is 46.7 Å². The van der Waals surface area contributed by atoms with Gasteiger partial charge in [-0.15, -0.1) is 0 Å². The van der Waals surface area contributed by atoms with Gasteiger partial charge in [0.2, 0.25) is 0 Å². The van der Waals surface area contributed by atoms with E-state index in [-0.39, 0.29) is 5.82 Å². The van der Waals surface area contributed by atoms with Crippen LogP contribution in [-0.2, 0) is 17.0 Å². The molecule has 0 saturated heterocycles. The van der Waals surface area contributed by atoms with Crippen molar-refractivity contribution in [2.45, 2.75) is 12.3 Å². The predicted molar refractivity (Wildman–Crippen MR) is 88.1 cm³/mol. The highest BCUT2D eigenvalue weighted by molar-refractivity contribution is 5.81. The van der Waals surface area contributed by atoms with Crippen LogP contribution in [0.4, 0.5) is 4.39 Å². The van der Waals surface area contributed by atoms with Crippen molar-refractivity contribution in [3.05, 3.63) is 71.5 Å². The van der Waals surface area contributed by atoms with Crippen LogP contribution in [0.3, 0.4) is 0 Å². The molecular formula is C19H20FN2O2+. The number of aliphatic hydroxyl groups is 1. The molecular weight excluding hydrogens is 307 g/mol. The van der Waals surface area contributed by atoms with E-state index in [1.165, 1.54) is 12.1 Å². The van der Waals surface area contributed by atoms with E-state index in [0.29, 0.717) is 31.9 Å². The summed E-state index contributed by atoms with van der Waals surface area (Å²) in [4.78, 5) is 1.98. The standard InChI is InChI=1S/C19H20FN2O2/c20-17-8-6-16(7-9-17)19(23)14-21-10-11-24-13-18(21)22(19)12-15-4-2-1-3-5-15/h1-9,23H,10-14H2/q+1. The molecule has 1 N–H and O–H groups in total. The molecule has 5 heteroatoms. The fourth-order valence-corrected chi connectivity index (χ4v) is 3.49. The molecule has 2 aliphatic rings. The smallest absolute Gasteiger partial charge is 0.276 e. The van der Waals surface area contributed by atoms with Crippen LogP contribution in [0.25, 0.3) is 0 Å². The van der Waals surface area contributed by atoms with E-state index in [0.717, 1.165) is 17.9 Å². The SMILES string of the molecule is OC1(c2ccc(F)cc2)C[N+]2=C(COCC2)N1Cc1ccccc1. The van der Waals surface area contributed by atoms with Gasteiger partial charge in [-0.25, -0.2) is 9.29 Å². The second-order valence-electron chi connectivity index (χ2n) is 6.29. The fraction of sp³-hybridized carbons (Fsp3) is 0.316. The molecule has 0 aromatic heterocycles. The minimum absolute atomic E-state index is 0.302. The molecule has 2 aliphatic heterocycles. The van der Waals surface area contributed by atoms with Gasteiger partial charge >= 0.3 is 0 Å². The molecule has 1 atom stereocenters. The molecule has 1 unspecified atom stereocenters. The summed E-state index contributed by atoms with van der Waals surface area (Å²) >= 11 is 0. The van der Waals surface area contributed by atoms with E-state index in [2.05, 4.69) is 4.58 Å². The predicted octanol–water partition coefficient (Wildman–Crippen LogP) is 1.93. The molecule has 0 amide bonds. The quantitative estimate of drug-likeness (QED) is 0.875. The third-order valence-electron chi connectivity index (χ3n) is 4.76. The van der Waals surface area contributed by atoms with Gasteiger partial charge in [0, 0.05) is 5.56 Å². The Hall–Kier alpha value is -2.24. The average molecular weight is 327 g/mol. The monoisotopic (exact) mass is 327 g/mol. The highest BCUT2D eigenvalue weighted by Crippen LogP contribution is 2.33. The first-order valence-corrected chi connectivity index (χ1v) is 8.15. The second kappa shape index (κ2) is 6.00. The molecule has 2 heterocycles. The molecule has 0 spiro atoms. The van der Waals surface area contributed by atoms with Gasteiger partial charge in [0.25, 0.3) is 11.6 Å². The third kappa shape index (κ3) is 2.60. The maximum absolute atomic E-state index is 13.3. The summed E-state index contributed by atoms with van der Waals surface area (Å²) in [6.07, 6.45) is 0. The van der Waals surface area contributed by atoms with E-state index in [9.17, 15) is 9.50 Å². The minimum atomic E-state index is -1.19. The van der Waals surface area contributed by atoms with Gasteiger partial charge in [0.15, 0.2) is 6.54 Å². The van der Waals surface area contributed by atoms with Crippen molar-refractivity contribution in [3.8, 4) is 0 Å². The molecule has 4 nitrogen and oxygen atoms in total. The minimum Gasteiger partial charge on any atom is -0.365 e. The van der Waals surface area contributed by atoms with Crippen LogP contribution in [0.2, 0.25) is 0 Å². The Morgan fingerprint density at radius 2 is 1.88 bits per heavy atom. The molecule has 0 saturated carbocycles. The lowest BCUT2D eigenvalue weighted by molar-refractivity contribution is -0.544. The average Bonchev–Trinajstić information content (AvgIpc) is 2.90. The summed E-state index contributed by atoms with van der Waals surface area (Å²) < 4.78 is 21.1. The zero-order valence-corrected chi connectivity index (χ0v) is 13.4. The van der Waals surface area contributed by atoms with Crippen LogP contribution in [0, 0.1) is 5.82 Å². The van der Waals surface area contributed by atoms with Crippen molar-refractivity contribution >= 4 is 5.84 Å². The lowest BCUT2D eigenvalue weighted by atomic mass is 10.0. The van der Waals surface area contributed by atoms with Crippen molar-refractivity contribution in [2.24, 2.45) is 0 Å². The maximum atomic E-state index is 13.3. The molecule has 0 radical (unpaired) electrons. The van der Waals surface area contributed by atoms with E-state index in [4.69, 9.17) is 4.74 Å². The lowest BCUT2D eigenvalue weighted by Gasteiger charge is -2.29. The number of amidine groups is 1. The fourth-order valence-electron chi connectivity index (χ4n) is 3.49. The van der Waals surface area contributed by atoms with Crippen molar-refractivity contribution in [3.63, 3.8) is 0 Å². The highest BCUT2D eigenvalue weighted by atomic mass is 19.1. The molecule has 124 valence electrons. The first kappa shape index (κ1) is 15.3. The molecule has 0 fully saturated rings. The van der Waals surface area contributed by atoms with Crippen molar-refractivity contribution in [1.29, 1.82) is 0 Å². The Morgan fingerprint density at radius 3 is 2.62 bits per heavy atom. The van der Waals surface area contributed by atoms with Crippen LogP contribution in [0.1, 0.15) is 11.1 Å². The molecule has 2 aromatic rings. The highest BCUT2D eigenvalue weighted by Gasteiger charge is 2.53. The van der Waals surface area contributed by atoms with Crippen molar-refractivity contribution in [2.75, 3.05) is 26.3 Å². The Balaban J connectivity index is 1.73. The summed E-state index contributed by atoms with van der Waals surface area (Å²) in [5.41, 5.74) is 0.617. The summed E-state index contributed by atoms with van der Waals surface area (Å²) in [6.45, 7) is 2.93. The Bertz CT molecular complexity index is 761. The molecule has 0 bridgehead atoms. The van der Waals surface area contributed by atoms with Gasteiger partial charge in [0.1, 0.15) is 25.5 Å². The van der Waals surface area contributed by atoms with Crippen molar-refractivity contribution < 1.29 is 18.8 Å². The zero-order chi connectivity index (χ0) is 16.6. The van der Waals surface area contributed by atoms with Crippen LogP contribution in [0.15, 0.2) is 54.6 Å². The number of benzene rings is 2. The normalized spacial score (nSPS) is 23.5. The largest absolute Gasteiger partial charge is 0.365 e. The number of hydrogen-bond donors (Lipinski definition) is 1. The first-order valence-electron chi connectivity index (χ1n) is 8.15. The van der Waals surface area contributed by atoms with Gasteiger partial charge in [0.05, 0.1) is 6.61 Å². The number of rotatable bonds is 3. The summed E-state index contributed by atoms with van der Waals surface area (Å²) in [5.74, 6) is 0.681. The van der Waals surface area contributed by atoms with Gasteiger partial charge < -0.3 is 9.84 Å². The number of hydrogen-bond acceptors (Lipinski definition) is 3. The lowest BCUT2D eigenvalue weighted by Crippen LogP contribution is -2.47. The van der Waals surface area contributed by atoms with Gasteiger partial charge in [-0.1, -0.05) is 30.3 Å². The van der Waals surface area contributed by atoms with E-state index in [1.807, 2.05) is 35.2 Å². The molecule has 24 heavy (non-hydrogen) atoms. The number of ether oxygens (including phenoxy) is 1. The van der Waals surface area contributed by atoms with Gasteiger partial charge in [-0.3, -0.25) is 4.58 Å². The molecule has 4 rings (SSSR count). The first-order chi connectivity index (χ1) is 11.7. The number of halogens is 1. The summed E-state index contributed by atoms with van der Waals surface area (Å²) in [5, 5.41) is 11.5. The summed E-state index contributed by atoms with van der Waals surface area (Å²) in [7, 11) is 0. The summed E-state index contributed by atoms with van der Waals surface area (Å²) in [6, 6.07) is 16.1. The van der Waals surface area contributed by atoms with E-state index >= 15 is 0 Å². The van der Waals surface area contributed by atoms with Gasteiger partial charge in [-0.05, 0) is 29.8 Å². The van der Waals surface area contributed by atoms with Crippen LogP contribution in [0.5, 0.6) is 0 Å². The van der Waals surface area contributed by atoms with Gasteiger partial charge in [-0.2, -0.15) is 0 Å². The van der Waals surface area contributed by atoms with Crippen LogP contribution >= 0.6 is 0 Å².